The second-order valence-corrected chi connectivity index (χ2v) is 7.64. The van der Waals surface area contributed by atoms with Gasteiger partial charge >= 0.3 is 0 Å². The van der Waals surface area contributed by atoms with Crippen molar-refractivity contribution < 1.29 is 13.2 Å². The summed E-state index contributed by atoms with van der Waals surface area (Å²) in [5.41, 5.74) is 6.29. The Labute approximate surface area is 119 Å². The number of ether oxygens (including phenoxy) is 1. The number of anilines is 2. The first kappa shape index (κ1) is 14.9. The summed E-state index contributed by atoms with van der Waals surface area (Å²) < 4.78 is 28.3. The summed E-state index contributed by atoms with van der Waals surface area (Å²) in [5, 5.41) is 3.15. The van der Waals surface area contributed by atoms with Crippen LogP contribution in [0.2, 0.25) is 0 Å². The number of aromatic nitrogens is 1. The summed E-state index contributed by atoms with van der Waals surface area (Å²) in [7, 11) is -2.84. The van der Waals surface area contributed by atoms with Crippen molar-refractivity contribution in [1.82, 2.24) is 4.98 Å². The van der Waals surface area contributed by atoms with Gasteiger partial charge in [-0.1, -0.05) is 0 Å². The largest absolute Gasteiger partial charge is 0.473 e. The van der Waals surface area contributed by atoms with Crippen LogP contribution in [0.1, 0.15) is 20.3 Å². The van der Waals surface area contributed by atoms with E-state index in [0.29, 0.717) is 30.4 Å². The van der Waals surface area contributed by atoms with Crippen molar-refractivity contribution >= 4 is 21.3 Å². The number of nitrogens with zero attached hydrogens (tertiary/aromatic N) is 1. The van der Waals surface area contributed by atoms with E-state index in [4.69, 9.17) is 10.5 Å². The standard InChI is InChI=1S/C13H21N3O3S/c1-9(2)19-13-11(14)3-4-12(16-13)15-7-10-5-6-20(17,18)8-10/h3-4,9-10H,5-8,14H2,1-2H3,(H,15,16). The van der Waals surface area contributed by atoms with Gasteiger partial charge in [0, 0.05) is 6.54 Å². The molecule has 1 unspecified atom stereocenters. The first-order valence-corrected chi connectivity index (χ1v) is 8.55. The second-order valence-electron chi connectivity index (χ2n) is 5.41. The zero-order valence-corrected chi connectivity index (χ0v) is 12.6. The number of nitrogens with two attached hydrogens (primary N) is 1. The minimum absolute atomic E-state index is 0.0000232. The van der Waals surface area contributed by atoms with Gasteiger partial charge in [0.25, 0.3) is 0 Å². The zero-order valence-electron chi connectivity index (χ0n) is 11.8. The van der Waals surface area contributed by atoms with Gasteiger partial charge < -0.3 is 15.8 Å². The van der Waals surface area contributed by atoms with Crippen LogP contribution in [0.15, 0.2) is 12.1 Å². The highest BCUT2D eigenvalue weighted by Gasteiger charge is 2.27. The molecule has 0 radical (unpaired) electrons. The molecule has 20 heavy (non-hydrogen) atoms. The third-order valence-electron chi connectivity index (χ3n) is 3.14. The fourth-order valence-electron chi connectivity index (χ4n) is 2.15. The number of hydrogen-bond donors (Lipinski definition) is 2. The fourth-order valence-corrected chi connectivity index (χ4v) is 4.01. The van der Waals surface area contributed by atoms with Gasteiger partial charge in [0.1, 0.15) is 5.82 Å². The van der Waals surface area contributed by atoms with Crippen molar-refractivity contribution in [3.05, 3.63) is 12.1 Å². The van der Waals surface area contributed by atoms with E-state index >= 15 is 0 Å². The van der Waals surface area contributed by atoms with Gasteiger partial charge in [-0.25, -0.2) is 8.42 Å². The fraction of sp³-hybridized carbons (Fsp3) is 0.615. The van der Waals surface area contributed by atoms with Crippen LogP contribution in [0.3, 0.4) is 0 Å². The Hall–Kier alpha value is -1.50. The quantitative estimate of drug-likeness (QED) is 0.851. The van der Waals surface area contributed by atoms with Crippen molar-refractivity contribution in [3.63, 3.8) is 0 Å². The summed E-state index contributed by atoms with van der Waals surface area (Å²) in [6.45, 7) is 4.41. The van der Waals surface area contributed by atoms with Crippen molar-refractivity contribution in [2.45, 2.75) is 26.4 Å². The minimum Gasteiger partial charge on any atom is -0.473 e. The Morgan fingerprint density at radius 2 is 2.25 bits per heavy atom. The zero-order chi connectivity index (χ0) is 14.8. The van der Waals surface area contributed by atoms with Crippen LogP contribution in [0.25, 0.3) is 0 Å². The van der Waals surface area contributed by atoms with E-state index in [2.05, 4.69) is 10.3 Å². The SMILES string of the molecule is CC(C)Oc1nc(NCC2CCS(=O)(=O)C2)ccc1N. The predicted molar refractivity (Wildman–Crippen MR) is 79.7 cm³/mol. The summed E-state index contributed by atoms with van der Waals surface area (Å²) in [6, 6.07) is 3.50. The van der Waals surface area contributed by atoms with Crippen LogP contribution >= 0.6 is 0 Å². The average molecular weight is 299 g/mol. The topological polar surface area (TPSA) is 94.3 Å². The molecule has 1 aliphatic rings. The van der Waals surface area contributed by atoms with Gasteiger partial charge in [0.05, 0.1) is 23.3 Å². The third kappa shape index (κ3) is 4.00. The molecule has 0 saturated carbocycles. The Balaban J connectivity index is 1.96. The normalized spacial score (nSPS) is 21.1. The van der Waals surface area contributed by atoms with Gasteiger partial charge in [-0.05, 0) is 38.3 Å². The molecule has 2 rings (SSSR count). The first-order chi connectivity index (χ1) is 9.35. The van der Waals surface area contributed by atoms with E-state index in [1.54, 1.807) is 12.1 Å². The molecule has 2 heterocycles. The van der Waals surface area contributed by atoms with Crippen LogP contribution in [-0.2, 0) is 9.84 Å². The molecule has 1 aromatic heterocycles. The van der Waals surface area contributed by atoms with Crippen LogP contribution in [-0.4, -0.2) is 37.6 Å². The minimum atomic E-state index is -2.84. The maximum Gasteiger partial charge on any atom is 0.239 e. The molecule has 112 valence electrons. The Kier molecular flexibility index (Phi) is 4.37. The molecule has 1 atom stereocenters. The molecule has 6 nitrogen and oxygen atoms in total. The van der Waals surface area contributed by atoms with Gasteiger partial charge in [-0.15, -0.1) is 0 Å². The Morgan fingerprint density at radius 3 is 2.85 bits per heavy atom. The Bertz CT molecular complexity index is 572. The summed E-state index contributed by atoms with van der Waals surface area (Å²) in [6.07, 6.45) is 0.708. The van der Waals surface area contributed by atoms with Crippen LogP contribution in [0.5, 0.6) is 5.88 Å². The maximum atomic E-state index is 11.4. The number of rotatable bonds is 5. The van der Waals surface area contributed by atoms with Crippen LogP contribution in [0, 0.1) is 5.92 Å². The lowest BCUT2D eigenvalue weighted by Gasteiger charge is -2.14. The van der Waals surface area contributed by atoms with E-state index in [0.717, 1.165) is 0 Å². The summed E-state index contributed by atoms with van der Waals surface area (Å²) >= 11 is 0. The number of sulfone groups is 1. The molecule has 3 N–H and O–H groups in total. The lowest BCUT2D eigenvalue weighted by Crippen LogP contribution is -2.17. The van der Waals surface area contributed by atoms with Crippen molar-refractivity contribution in [1.29, 1.82) is 0 Å². The van der Waals surface area contributed by atoms with E-state index < -0.39 is 9.84 Å². The molecule has 0 aliphatic carbocycles. The molecule has 1 aliphatic heterocycles. The first-order valence-electron chi connectivity index (χ1n) is 6.73. The van der Waals surface area contributed by atoms with Crippen LogP contribution < -0.4 is 15.8 Å². The van der Waals surface area contributed by atoms with Gasteiger partial charge in [0.15, 0.2) is 9.84 Å². The number of pyridine rings is 1. The second kappa shape index (κ2) is 5.87. The van der Waals surface area contributed by atoms with E-state index in [9.17, 15) is 8.42 Å². The molecular formula is C13H21N3O3S. The molecule has 0 aromatic carbocycles. The molecule has 0 bridgehead atoms. The molecule has 0 spiro atoms. The monoisotopic (exact) mass is 299 g/mol. The molecule has 1 aromatic rings. The molecule has 0 amide bonds. The van der Waals surface area contributed by atoms with E-state index in [-0.39, 0.29) is 23.5 Å². The highest BCUT2D eigenvalue weighted by molar-refractivity contribution is 7.91. The summed E-state index contributed by atoms with van der Waals surface area (Å²) in [5.74, 6) is 1.75. The highest BCUT2D eigenvalue weighted by Crippen LogP contribution is 2.23. The molecular weight excluding hydrogens is 278 g/mol. The number of hydrogen-bond acceptors (Lipinski definition) is 6. The number of nitrogens with one attached hydrogen (secondary N) is 1. The average Bonchev–Trinajstić information content (AvgIpc) is 2.69. The van der Waals surface area contributed by atoms with E-state index in [1.165, 1.54) is 0 Å². The molecule has 1 saturated heterocycles. The Morgan fingerprint density at radius 1 is 1.50 bits per heavy atom. The van der Waals surface area contributed by atoms with Gasteiger partial charge in [0.2, 0.25) is 5.88 Å². The van der Waals surface area contributed by atoms with Crippen LogP contribution in [0.4, 0.5) is 11.5 Å². The molecule has 1 fully saturated rings. The smallest absolute Gasteiger partial charge is 0.239 e. The van der Waals surface area contributed by atoms with E-state index in [1.807, 2.05) is 13.8 Å². The lowest BCUT2D eigenvalue weighted by atomic mass is 10.1. The maximum absolute atomic E-state index is 11.4. The van der Waals surface area contributed by atoms with Gasteiger partial charge in [-0.2, -0.15) is 4.98 Å². The highest BCUT2D eigenvalue weighted by atomic mass is 32.2. The van der Waals surface area contributed by atoms with Gasteiger partial charge in [-0.3, -0.25) is 0 Å². The third-order valence-corrected chi connectivity index (χ3v) is 4.97. The lowest BCUT2D eigenvalue weighted by molar-refractivity contribution is 0.234. The molecule has 7 heteroatoms. The van der Waals surface area contributed by atoms with Crippen molar-refractivity contribution in [2.24, 2.45) is 5.92 Å². The summed E-state index contributed by atoms with van der Waals surface area (Å²) in [4.78, 5) is 4.30. The van der Waals surface area contributed by atoms with Crippen molar-refractivity contribution in [2.75, 3.05) is 29.1 Å². The number of nitrogen functional groups attached to an aromatic ring is 1. The predicted octanol–water partition coefficient (Wildman–Crippen LogP) is 1.30. The van der Waals surface area contributed by atoms with Crippen molar-refractivity contribution in [3.8, 4) is 5.88 Å².